The normalized spacial score (nSPS) is 11.4. The zero-order valence-electron chi connectivity index (χ0n) is 32.5. The number of nitrogens with zero attached hydrogens (tertiary/aromatic N) is 1. The minimum atomic E-state index is 1.11. The lowest BCUT2D eigenvalue weighted by molar-refractivity contribution is 1.30. The van der Waals surface area contributed by atoms with Gasteiger partial charge in [-0.1, -0.05) is 206 Å². The number of fused-ring (bicyclic) bond motifs is 5. The molecule has 0 saturated carbocycles. The van der Waals surface area contributed by atoms with Crippen LogP contribution in [0.4, 0.5) is 17.1 Å². The van der Waals surface area contributed by atoms with E-state index in [0.29, 0.717) is 0 Å². The van der Waals surface area contributed by atoms with Crippen LogP contribution in [0.2, 0.25) is 0 Å². The molecule has 0 radical (unpaired) electrons. The quantitative estimate of drug-likeness (QED) is 0.147. The molecule has 0 aromatic heterocycles. The lowest BCUT2D eigenvalue weighted by Gasteiger charge is -2.30. The minimum absolute atomic E-state index is 1.11. The van der Waals surface area contributed by atoms with Crippen LogP contribution in [0.5, 0.6) is 0 Å². The summed E-state index contributed by atoms with van der Waals surface area (Å²) in [5, 5.41) is 9.83. The Bertz CT molecular complexity index is 3310. The Balaban J connectivity index is 1.19. The Morgan fingerprint density at radius 1 is 0.237 bits per heavy atom. The van der Waals surface area contributed by atoms with Crippen LogP contribution < -0.4 is 4.90 Å². The van der Waals surface area contributed by atoms with Crippen molar-refractivity contribution in [2.24, 2.45) is 0 Å². The maximum atomic E-state index is 2.47. The first-order valence-corrected chi connectivity index (χ1v) is 20.3. The monoisotopic (exact) mass is 749 g/mol. The van der Waals surface area contributed by atoms with Crippen molar-refractivity contribution >= 4 is 60.2 Å². The number of para-hydroxylation sites is 1. The number of rotatable bonds is 7. The van der Waals surface area contributed by atoms with Crippen LogP contribution in [0.1, 0.15) is 0 Å². The fourth-order valence-corrected chi connectivity index (χ4v) is 9.15. The molecule has 0 heterocycles. The van der Waals surface area contributed by atoms with Crippen molar-refractivity contribution in [2.75, 3.05) is 4.90 Å². The second kappa shape index (κ2) is 14.6. The number of hydrogen-bond acceptors (Lipinski definition) is 1. The van der Waals surface area contributed by atoms with Gasteiger partial charge in [-0.05, 0) is 107 Å². The SMILES string of the molecule is c1ccc(-c2ccc(N(c3ccc4ccccc4c3)c3ccccc3-c3ccc4c(c3)c(-c3ccccc3)c(-c3ccccc3)c3ccccc34)c3ccccc23)cc1. The van der Waals surface area contributed by atoms with Crippen molar-refractivity contribution in [3.8, 4) is 44.5 Å². The van der Waals surface area contributed by atoms with E-state index in [1.807, 2.05) is 0 Å². The average molecular weight is 750 g/mol. The molecule has 0 spiro atoms. The molecule has 0 unspecified atom stereocenters. The van der Waals surface area contributed by atoms with E-state index in [0.717, 1.165) is 28.2 Å². The van der Waals surface area contributed by atoms with Gasteiger partial charge in [0.2, 0.25) is 0 Å². The Morgan fingerprint density at radius 3 is 1.51 bits per heavy atom. The Labute approximate surface area is 344 Å². The molecule has 0 aliphatic carbocycles. The Kier molecular flexibility index (Phi) is 8.56. The van der Waals surface area contributed by atoms with Gasteiger partial charge in [0.15, 0.2) is 0 Å². The molecule has 0 aliphatic heterocycles. The summed E-state index contributed by atoms with van der Waals surface area (Å²) >= 11 is 0. The van der Waals surface area contributed by atoms with Crippen LogP contribution in [-0.4, -0.2) is 0 Å². The van der Waals surface area contributed by atoms with Gasteiger partial charge in [-0.15, -0.1) is 0 Å². The van der Waals surface area contributed by atoms with Gasteiger partial charge in [0.05, 0.1) is 11.4 Å². The van der Waals surface area contributed by atoms with E-state index in [1.54, 1.807) is 0 Å². The van der Waals surface area contributed by atoms with E-state index in [-0.39, 0.29) is 0 Å². The van der Waals surface area contributed by atoms with Gasteiger partial charge >= 0.3 is 0 Å². The molecule has 0 atom stereocenters. The molecule has 59 heavy (non-hydrogen) atoms. The summed E-state index contributed by atoms with van der Waals surface area (Å²) in [5.74, 6) is 0. The van der Waals surface area contributed by atoms with E-state index < -0.39 is 0 Å². The van der Waals surface area contributed by atoms with Crippen molar-refractivity contribution in [3.05, 3.63) is 237 Å². The van der Waals surface area contributed by atoms with Crippen molar-refractivity contribution in [1.82, 2.24) is 0 Å². The molecule has 0 bridgehead atoms. The smallest absolute Gasteiger partial charge is 0.0540 e. The van der Waals surface area contributed by atoms with Gasteiger partial charge in [-0.2, -0.15) is 0 Å². The third-order valence-electron chi connectivity index (χ3n) is 11.8. The van der Waals surface area contributed by atoms with Crippen molar-refractivity contribution in [3.63, 3.8) is 0 Å². The zero-order valence-corrected chi connectivity index (χ0v) is 32.5. The lowest BCUT2D eigenvalue weighted by Crippen LogP contribution is -2.12. The summed E-state index contributed by atoms with van der Waals surface area (Å²) in [5.41, 5.74) is 13.0. The van der Waals surface area contributed by atoms with Gasteiger partial charge in [-0.25, -0.2) is 0 Å². The number of benzene rings is 11. The highest BCUT2D eigenvalue weighted by Crippen LogP contribution is 2.49. The first kappa shape index (κ1) is 34.5. The Morgan fingerprint density at radius 2 is 0.780 bits per heavy atom. The van der Waals surface area contributed by atoms with Crippen LogP contribution in [0.15, 0.2) is 237 Å². The van der Waals surface area contributed by atoms with Crippen LogP contribution in [0.3, 0.4) is 0 Å². The standard InChI is InChI=1S/C58H39N/c1-4-19-41(20-5-1)47-36-37-56(52-29-14-12-27-49(47)52)59(46-34-32-40-18-10-11-25-44(40)38-46)55-31-17-16-26-48(55)45-33-35-51-50-28-13-15-30-53(50)57(42-21-6-2-7-22-42)58(54(51)39-45)43-23-8-3-9-24-43/h1-39H. The van der Waals surface area contributed by atoms with Gasteiger partial charge in [0.25, 0.3) is 0 Å². The number of anilines is 3. The van der Waals surface area contributed by atoms with Crippen molar-refractivity contribution in [1.29, 1.82) is 0 Å². The largest absolute Gasteiger partial charge is 0.309 e. The summed E-state index contributed by atoms with van der Waals surface area (Å²) < 4.78 is 0. The van der Waals surface area contributed by atoms with E-state index in [2.05, 4.69) is 241 Å². The van der Waals surface area contributed by atoms with Crippen LogP contribution in [-0.2, 0) is 0 Å². The van der Waals surface area contributed by atoms with Crippen molar-refractivity contribution in [2.45, 2.75) is 0 Å². The zero-order chi connectivity index (χ0) is 39.1. The first-order chi connectivity index (χ1) is 29.3. The molecule has 0 fully saturated rings. The molecular weight excluding hydrogens is 711 g/mol. The third-order valence-corrected chi connectivity index (χ3v) is 11.8. The minimum Gasteiger partial charge on any atom is -0.309 e. The maximum Gasteiger partial charge on any atom is 0.0540 e. The predicted octanol–water partition coefficient (Wildman–Crippen LogP) is 16.4. The second-order valence-electron chi connectivity index (χ2n) is 15.2. The molecule has 0 N–H and O–H groups in total. The van der Waals surface area contributed by atoms with Crippen molar-refractivity contribution < 1.29 is 0 Å². The summed E-state index contributed by atoms with van der Waals surface area (Å²) in [4.78, 5) is 2.47. The highest BCUT2D eigenvalue weighted by molar-refractivity contribution is 6.22. The summed E-state index contributed by atoms with van der Waals surface area (Å²) in [6, 6.07) is 86.3. The Hall–Kier alpha value is -7.74. The number of hydrogen-bond donors (Lipinski definition) is 0. The highest BCUT2D eigenvalue weighted by Gasteiger charge is 2.23. The summed E-state index contributed by atoms with van der Waals surface area (Å²) in [6.07, 6.45) is 0. The van der Waals surface area contributed by atoms with Gasteiger partial charge in [-0.3, -0.25) is 0 Å². The van der Waals surface area contributed by atoms with Crippen LogP contribution in [0, 0.1) is 0 Å². The summed E-state index contributed by atoms with van der Waals surface area (Å²) in [6.45, 7) is 0. The van der Waals surface area contributed by atoms with E-state index in [4.69, 9.17) is 0 Å². The molecular formula is C58H39N. The van der Waals surface area contributed by atoms with E-state index in [1.165, 1.54) is 76.5 Å². The van der Waals surface area contributed by atoms with Gasteiger partial charge in [0.1, 0.15) is 0 Å². The molecule has 11 rings (SSSR count). The molecule has 0 saturated heterocycles. The molecule has 11 aromatic rings. The highest BCUT2D eigenvalue weighted by atomic mass is 15.1. The topological polar surface area (TPSA) is 3.24 Å². The second-order valence-corrected chi connectivity index (χ2v) is 15.2. The molecule has 11 aromatic carbocycles. The maximum absolute atomic E-state index is 2.47. The molecule has 0 amide bonds. The molecule has 276 valence electrons. The van der Waals surface area contributed by atoms with E-state index in [9.17, 15) is 0 Å². The average Bonchev–Trinajstić information content (AvgIpc) is 3.32. The van der Waals surface area contributed by atoms with Crippen LogP contribution in [0.25, 0.3) is 87.6 Å². The predicted molar refractivity (Wildman–Crippen MR) is 253 cm³/mol. The fraction of sp³-hybridized carbons (Fsp3) is 0. The molecule has 0 aliphatic rings. The van der Waals surface area contributed by atoms with Gasteiger partial charge in [0, 0.05) is 16.6 Å². The van der Waals surface area contributed by atoms with E-state index >= 15 is 0 Å². The lowest BCUT2D eigenvalue weighted by atomic mass is 9.84. The first-order valence-electron chi connectivity index (χ1n) is 20.3. The van der Waals surface area contributed by atoms with Gasteiger partial charge < -0.3 is 4.90 Å². The third kappa shape index (κ3) is 6.04. The molecule has 1 heteroatoms. The summed E-state index contributed by atoms with van der Waals surface area (Å²) in [7, 11) is 0. The molecule has 1 nitrogen and oxygen atoms in total. The fourth-order valence-electron chi connectivity index (χ4n) is 9.15. The van der Waals surface area contributed by atoms with Crippen LogP contribution >= 0.6 is 0 Å².